The number of carbonyl (C=O) groups excluding carboxylic acids is 1. The molecule has 0 spiro atoms. The Morgan fingerprint density at radius 3 is 2.81 bits per heavy atom. The molecule has 0 aliphatic carbocycles. The number of para-hydroxylation sites is 1. The van der Waals surface area contributed by atoms with Crippen LogP contribution in [0.4, 0.5) is 14.5 Å². The number of aryl methyl sites for hydroxylation is 2. The molecule has 26 heavy (non-hydrogen) atoms. The molecule has 0 radical (unpaired) electrons. The zero-order chi connectivity index (χ0) is 18.7. The van der Waals surface area contributed by atoms with Crippen molar-refractivity contribution in [3.63, 3.8) is 0 Å². The molecule has 0 unspecified atom stereocenters. The average Bonchev–Trinajstić information content (AvgIpc) is 2.89. The zero-order valence-electron chi connectivity index (χ0n) is 14.0. The SMILES string of the molecule is Cc1sc2ncnc(SCC(=O)Nc3ccccc3SC(F)F)c2c1C. The second kappa shape index (κ2) is 8.32. The molecule has 3 aromatic rings. The molecule has 4 nitrogen and oxygen atoms in total. The lowest BCUT2D eigenvalue weighted by Gasteiger charge is -2.10. The van der Waals surface area contributed by atoms with E-state index in [4.69, 9.17) is 0 Å². The van der Waals surface area contributed by atoms with Crippen LogP contribution in [0.5, 0.6) is 0 Å². The lowest BCUT2D eigenvalue weighted by Crippen LogP contribution is -2.14. The molecule has 136 valence electrons. The molecule has 0 aliphatic rings. The highest BCUT2D eigenvalue weighted by Crippen LogP contribution is 2.35. The molecule has 2 aromatic heterocycles. The number of anilines is 1. The van der Waals surface area contributed by atoms with Crippen molar-refractivity contribution in [2.75, 3.05) is 11.1 Å². The molecule has 0 fully saturated rings. The third-order valence-electron chi connectivity index (χ3n) is 3.65. The van der Waals surface area contributed by atoms with Gasteiger partial charge in [0.2, 0.25) is 5.91 Å². The Kier molecular flexibility index (Phi) is 6.10. The van der Waals surface area contributed by atoms with Gasteiger partial charge < -0.3 is 5.32 Å². The number of carbonyl (C=O) groups is 1. The highest BCUT2D eigenvalue weighted by Gasteiger charge is 2.15. The van der Waals surface area contributed by atoms with E-state index < -0.39 is 5.76 Å². The molecule has 2 heterocycles. The van der Waals surface area contributed by atoms with Gasteiger partial charge in [0, 0.05) is 15.2 Å². The van der Waals surface area contributed by atoms with Crippen molar-refractivity contribution >= 4 is 56.7 Å². The average molecular weight is 412 g/mol. The summed E-state index contributed by atoms with van der Waals surface area (Å²) in [5.41, 5.74) is 1.51. The van der Waals surface area contributed by atoms with Gasteiger partial charge in [-0.05, 0) is 31.5 Å². The number of nitrogens with one attached hydrogen (secondary N) is 1. The smallest absolute Gasteiger partial charge is 0.288 e. The predicted molar refractivity (Wildman–Crippen MR) is 105 cm³/mol. The van der Waals surface area contributed by atoms with Crippen LogP contribution in [-0.2, 0) is 4.79 Å². The highest BCUT2D eigenvalue weighted by atomic mass is 32.2. The summed E-state index contributed by atoms with van der Waals surface area (Å²) in [5, 5.41) is 4.42. The number of hydrogen-bond donors (Lipinski definition) is 1. The Hall–Kier alpha value is -1.71. The lowest BCUT2D eigenvalue weighted by atomic mass is 10.2. The Labute approximate surface area is 161 Å². The summed E-state index contributed by atoms with van der Waals surface area (Å²) in [6.45, 7) is 4.04. The molecule has 0 bridgehead atoms. The van der Waals surface area contributed by atoms with Gasteiger partial charge >= 0.3 is 0 Å². The second-order valence-electron chi connectivity index (χ2n) is 5.35. The number of amides is 1. The van der Waals surface area contributed by atoms with Gasteiger partial charge in [-0.1, -0.05) is 35.7 Å². The number of thioether (sulfide) groups is 2. The number of benzene rings is 1. The van der Waals surface area contributed by atoms with E-state index in [2.05, 4.69) is 15.3 Å². The summed E-state index contributed by atoms with van der Waals surface area (Å²) in [5.74, 6) is -2.68. The topological polar surface area (TPSA) is 54.9 Å². The summed E-state index contributed by atoms with van der Waals surface area (Å²) < 4.78 is 25.3. The molecular weight excluding hydrogens is 396 g/mol. The van der Waals surface area contributed by atoms with Gasteiger partial charge in [-0.3, -0.25) is 4.79 Å². The second-order valence-corrected chi connectivity index (χ2v) is 8.55. The number of rotatable bonds is 6. The molecule has 3 rings (SSSR count). The normalized spacial score (nSPS) is 11.3. The van der Waals surface area contributed by atoms with E-state index in [1.807, 2.05) is 13.8 Å². The molecule has 9 heteroatoms. The van der Waals surface area contributed by atoms with Gasteiger partial charge in [-0.25, -0.2) is 9.97 Å². The minimum Gasteiger partial charge on any atom is -0.324 e. The molecule has 0 aliphatic heterocycles. The van der Waals surface area contributed by atoms with Crippen molar-refractivity contribution in [1.82, 2.24) is 9.97 Å². The molecule has 0 saturated heterocycles. The van der Waals surface area contributed by atoms with E-state index in [1.54, 1.807) is 35.6 Å². The maximum Gasteiger partial charge on any atom is 0.288 e. The number of nitrogens with zero attached hydrogens (tertiary/aromatic N) is 2. The number of thiophene rings is 1. The van der Waals surface area contributed by atoms with Crippen LogP contribution in [0.25, 0.3) is 10.2 Å². The van der Waals surface area contributed by atoms with Gasteiger partial charge in [0.25, 0.3) is 5.76 Å². The third-order valence-corrected chi connectivity index (χ3v) is 6.54. The van der Waals surface area contributed by atoms with E-state index in [1.165, 1.54) is 23.0 Å². The fourth-order valence-corrected chi connectivity index (χ4v) is 4.86. The Balaban J connectivity index is 1.71. The van der Waals surface area contributed by atoms with Gasteiger partial charge in [-0.2, -0.15) is 8.78 Å². The first kappa shape index (κ1) is 19.1. The van der Waals surface area contributed by atoms with Crippen LogP contribution in [0, 0.1) is 13.8 Å². The number of halogens is 2. The fraction of sp³-hybridized carbons (Fsp3) is 0.235. The summed E-state index contributed by atoms with van der Waals surface area (Å²) in [6, 6.07) is 6.53. The molecule has 1 N–H and O–H groups in total. The van der Waals surface area contributed by atoms with Crippen LogP contribution >= 0.6 is 34.9 Å². The van der Waals surface area contributed by atoms with Gasteiger partial charge in [0.1, 0.15) is 16.2 Å². The number of fused-ring (bicyclic) bond motifs is 1. The number of aromatic nitrogens is 2. The van der Waals surface area contributed by atoms with Crippen molar-refractivity contribution in [1.29, 1.82) is 0 Å². The largest absolute Gasteiger partial charge is 0.324 e. The van der Waals surface area contributed by atoms with E-state index in [-0.39, 0.29) is 11.7 Å². The summed E-state index contributed by atoms with van der Waals surface area (Å²) in [6.07, 6.45) is 1.49. The first-order valence-corrected chi connectivity index (χ1v) is 10.3. The van der Waals surface area contributed by atoms with Crippen molar-refractivity contribution in [3.05, 3.63) is 41.0 Å². The maximum atomic E-state index is 12.6. The van der Waals surface area contributed by atoms with E-state index in [0.29, 0.717) is 22.3 Å². The van der Waals surface area contributed by atoms with Gasteiger partial charge in [0.05, 0.1) is 11.4 Å². The first-order chi connectivity index (χ1) is 12.5. The van der Waals surface area contributed by atoms with Crippen molar-refractivity contribution in [2.45, 2.75) is 29.5 Å². The van der Waals surface area contributed by atoms with Crippen molar-refractivity contribution in [2.24, 2.45) is 0 Å². The predicted octanol–water partition coefficient (Wildman–Crippen LogP) is 5.35. The summed E-state index contributed by atoms with van der Waals surface area (Å²) >= 11 is 3.33. The van der Waals surface area contributed by atoms with Crippen molar-refractivity contribution < 1.29 is 13.6 Å². The van der Waals surface area contributed by atoms with Crippen LogP contribution in [0.3, 0.4) is 0 Å². The van der Waals surface area contributed by atoms with Crippen molar-refractivity contribution in [3.8, 4) is 0 Å². The zero-order valence-corrected chi connectivity index (χ0v) is 16.4. The van der Waals surface area contributed by atoms with Crippen LogP contribution in [0.2, 0.25) is 0 Å². The van der Waals surface area contributed by atoms with Crippen LogP contribution in [-0.4, -0.2) is 27.4 Å². The Morgan fingerprint density at radius 2 is 2.04 bits per heavy atom. The maximum absolute atomic E-state index is 12.6. The minimum absolute atomic E-state index is 0.133. The Bertz CT molecular complexity index is 946. The summed E-state index contributed by atoms with van der Waals surface area (Å²) in [4.78, 5) is 23.3. The standard InChI is InChI=1S/C17H15F2N3OS3/c1-9-10(2)25-16-14(9)15(20-8-21-16)24-7-13(23)22-11-5-3-4-6-12(11)26-17(18)19/h3-6,8,17H,7H2,1-2H3,(H,22,23). The van der Waals surface area contributed by atoms with E-state index in [0.717, 1.165) is 20.8 Å². The lowest BCUT2D eigenvalue weighted by molar-refractivity contribution is -0.113. The highest BCUT2D eigenvalue weighted by molar-refractivity contribution is 8.00. The molecule has 0 saturated carbocycles. The van der Waals surface area contributed by atoms with Crippen LogP contribution in [0.1, 0.15) is 10.4 Å². The fourth-order valence-electron chi connectivity index (χ4n) is 2.35. The monoisotopic (exact) mass is 411 g/mol. The molecule has 1 aromatic carbocycles. The third kappa shape index (κ3) is 4.33. The molecule has 1 amide bonds. The first-order valence-electron chi connectivity index (χ1n) is 7.63. The number of hydrogen-bond acceptors (Lipinski definition) is 6. The van der Waals surface area contributed by atoms with Crippen LogP contribution in [0.15, 0.2) is 40.5 Å². The summed E-state index contributed by atoms with van der Waals surface area (Å²) in [7, 11) is 0. The quantitative estimate of drug-likeness (QED) is 0.437. The number of alkyl halides is 2. The van der Waals surface area contributed by atoms with E-state index >= 15 is 0 Å². The molecule has 0 atom stereocenters. The van der Waals surface area contributed by atoms with Gasteiger partial charge in [-0.15, -0.1) is 11.3 Å². The van der Waals surface area contributed by atoms with Crippen LogP contribution < -0.4 is 5.32 Å². The Morgan fingerprint density at radius 1 is 1.27 bits per heavy atom. The van der Waals surface area contributed by atoms with E-state index in [9.17, 15) is 13.6 Å². The minimum atomic E-state index is -2.54. The molecular formula is C17H15F2N3OS3. The van der Waals surface area contributed by atoms with Gasteiger partial charge in [0.15, 0.2) is 0 Å².